The zero-order valence-corrected chi connectivity index (χ0v) is 36.0. The molecule has 0 radical (unpaired) electrons. The SMILES string of the molecule is CCCCCCCCCCCCCCCCCCC(=O)O[C@@H](COC(=O)CCCCCCC)COC(=O)CCCCCCCCCCCCC(C)CC. The first-order chi connectivity index (χ1) is 25.9. The molecule has 0 aliphatic heterocycles. The lowest BCUT2D eigenvalue weighted by molar-refractivity contribution is -0.167. The summed E-state index contributed by atoms with van der Waals surface area (Å²) in [6, 6.07) is 0. The van der Waals surface area contributed by atoms with Gasteiger partial charge < -0.3 is 14.2 Å². The number of carbonyl (C=O) groups is 3. The molecule has 0 saturated heterocycles. The number of ether oxygens (including phenoxy) is 3. The second-order valence-corrected chi connectivity index (χ2v) is 16.3. The maximum atomic E-state index is 12.7. The number of hydrogen-bond acceptors (Lipinski definition) is 6. The molecule has 53 heavy (non-hydrogen) atoms. The highest BCUT2D eigenvalue weighted by Crippen LogP contribution is 2.17. The van der Waals surface area contributed by atoms with E-state index in [1.165, 1.54) is 148 Å². The van der Waals surface area contributed by atoms with E-state index in [-0.39, 0.29) is 31.1 Å². The number of unbranched alkanes of at least 4 members (excludes halogenated alkanes) is 28. The van der Waals surface area contributed by atoms with Gasteiger partial charge in [-0.25, -0.2) is 0 Å². The summed E-state index contributed by atoms with van der Waals surface area (Å²) in [6.07, 6.45) is 41.1. The van der Waals surface area contributed by atoms with Crippen LogP contribution >= 0.6 is 0 Å². The third kappa shape index (κ3) is 39.9. The Morgan fingerprint density at radius 3 is 0.981 bits per heavy atom. The summed E-state index contributed by atoms with van der Waals surface area (Å²) in [7, 11) is 0. The molecule has 314 valence electrons. The van der Waals surface area contributed by atoms with Crippen LogP contribution in [-0.2, 0) is 28.6 Å². The Bertz CT molecular complexity index is 798. The Morgan fingerprint density at radius 1 is 0.377 bits per heavy atom. The van der Waals surface area contributed by atoms with E-state index in [2.05, 4.69) is 27.7 Å². The second kappa shape index (κ2) is 41.6. The van der Waals surface area contributed by atoms with E-state index in [4.69, 9.17) is 14.2 Å². The zero-order valence-electron chi connectivity index (χ0n) is 36.0. The first-order valence-electron chi connectivity index (χ1n) is 23.4. The molecule has 0 aliphatic rings. The third-order valence-electron chi connectivity index (χ3n) is 10.9. The average Bonchev–Trinajstić information content (AvgIpc) is 3.15. The minimum Gasteiger partial charge on any atom is -0.462 e. The summed E-state index contributed by atoms with van der Waals surface area (Å²) in [4.78, 5) is 37.5. The number of esters is 3. The number of hydrogen-bond donors (Lipinski definition) is 0. The normalized spacial score (nSPS) is 12.5. The second-order valence-electron chi connectivity index (χ2n) is 16.3. The maximum Gasteiger partial charge on any atom is 0.306 e. The highest BCUT2D eigenvalue weighted by atomic mass is 16.6. The predicted octanol–water partition coefficient (Wildman–Crippen LogP) is 14.7. The molecule has 0 aliphatic carbocycles. The summed E-state index contributed by atoms with van der Waals surface area (Å²) in [6.45, 7) is 8.95. The first kappa shape index (κ1) is 51.4. The molecule has 0 rings (SSSR count). The molecule has 0 spiro atoms. The van der Waals surface area contributed by atoms with E-state index in [1.54, 1.807) is 0 Å². The van der Waals surface area contributed by atoms with E-state index in [1.807, 2.05) is 0 Å². The minimum atomic E-state index is -0.758. The summed E-state index contributed by atoms with van der Waals surface area (Å²) < 4.78 is 16.6. The largest absolute Gasteiger partial charge is 0.462 e. The molecule has 0 fully saturated rings. The summed E-state index contributed by atoms with van der Waals surface area (Å²) in [5.41, 5.74) is 0. The van der Waals surface area contributed by atoms with Crippen molar-refractivity contribution in [3.8, 4) is 0 Å². The van der Waals surface area contributed by atoms with E-state index >= 15 is 0 Å². The maximum absolute atomic E-state index is 12.7. The van der Waals surface area contributed by atoms with Gasteiger partial charge in [0.05, 0.1) is 0 Å². The van der Waals surface area contributed by atoms with Gasteiger partial charge in [-0.2, -0.15) is 0 Å². The molecule has 0 aromatic carbocycles. The van der Waals surface area contributed by atoms with E-state index < -0.39 is 6.10 Å². The van der Waals surface area contributed by atoms with Crippen molar-refractivity contribution < 1.29 is 28.6 Å². The van der Waals surface area contributed by atoms with Crippen LogP contribution in [-0.4, -0.2) is 37.2 Å². The average molecular weight is 751 g/mol. The highest BCUT2D eigenvalue weighted by molar-refractivity contribution is 5.71. The van der Waals surface area contributed by atoms with Gasteiger partial charge in [-0.05, 0) is 25.2 Å². The summed E-state index contributed by atoms with van der Waals surface area (Å²) in [5, 5.41) is 0. The Kier molecular flexibility index (Phi) is 40.3. The van der Waals surface area contributed by atoms with Gasteiger partial charge in [0.1, 0.15) is 13.2 Å². The van der Waals surface area contributed by atoms with Gasteiger partial charge in [0.15, 0.2) is 6.10 Å². The quantitative estimate of drug-likeness (QED) is 0.0351. The molecular formula is C47H90O6. The van der Waals surface area contributed by atoms with Gasteiger partial charge in [-0.1, -0.05) is 220 Å². The Balaban J connectivity index is 4.17. The molecule has 0 aromatic rings. The van der Waals surface area contributed by atoms with Crippen LogP contribution in [0.25, 0.3) is 0 Å². The van der Waals surface area contributed by atoms with Gasteiger partial charge in [0, 0.05) is 19.3 Å². The molecule has 6 nitrogen and oxygen atoms in total. The first-order valence-corrected chi connectivity index (χ1v) is 23.4. The Hall–Kier alpha value is -1.59. The van der Waals surface area contributed by atoms with E-state index in [0.29, 0.717) is 19.3 Å². The monoisotopic (exact) mass is 751 g/mol. The number of rotatable bonds is 42. The molecule has 0 saturated carbocycles. The fourth-order valence-electron chi connectivity index (χ4n) is 6.95. The lowest BCUT2D eigenvalue weighted by Crippen LogP contribution is -2.30. The van der Waals surface area contributed by atoms with Crippen molar-refractivity contribution >= 4 is 17.9 Å². The molecule has 1 unspecified atom stereocenters. The molecule has 2 atom stereocenters. The topological polar surface area (TPSA) is 78.9 Å². The van der Waals surface area contributed by atoms with Crippen LogP contribution in [0.2, 0.25) is 0 Å². The lowest BCUT2D eigenvalue weighted by atomic mass is 9.99. The van der Waals surface area contributed by atoms with Crippen LogP contribution in [0.1, 0.15) is 259 Å². The molecule has 6 heteroatoms. The van der Waals surface area contributed by atoms with Gasteiger partial charge in [0.25, 0.3) is 0 Å². The molecule has 0 bridgehead atoms. The van der Waals surface area contributed by atoms with Crippen molar-refractivity contribution in [3.05, 3.63) is 0 Å². The number of carbonyl (C=O) groups excluding carboxylic acids is 3. The van der Waals surface area contributed by atoms with Gasteiger partial charge in [-0.15, -0.1) is 0 Å². The summed E-state index contributed by atoms with van der Waals surface area (Å²) in [5.74, 6) is 0.00358. The smallest absolute Gasteiger partial charge is 0.306 e. The highest BCUT2D eigenvalue weighted by Gasteiger charge is 2.19. The van der Waals surface area contributed by atoms with Crippen LogP contribution in [0.4, 0.5) is 0 Å². The van der Waals surface area contributed by atoms with Crippen molar-refractivity contribution in [1.82, 2.24) is 0 Å². The Morgan fingerprint density at radius 2 is 0.660 bits per heavy atom. The van der Waals surface area contributed by atoms with Crippen molar-refractivity contribution in [3.63, 3.8) is 0 Å². The minimum absolute atomic E-state index is 0.0648. The van der Waals surface area contributed by atoms with Gasteiger partial charge >= 0.3 is 17.9 Å². The van der Waals surface area contributed by atoms with Gasteiger partial charge in [0.2, 0.25) is 0 Å². The molecule has 0 amide bonds. The molecule has 0 heterocycles. The summed E-state index contributed by atoms with van der Waals surface area (Å²) >= 11 is 0. The fourth-order valence-corrected chi connectivity index (χ4v) is 6.95. The standard InChI is InChI=1S/C47H90O6/c1-5-8-10-12-13-14-15-16-17-18-19-20-25-28-32-36-40-47(50)53-44(41-51-45(48)38-34-29-11-9-6-2)42-52-46(49)39-35-31-27-24-22-21-23-26-30-33-37-43(4)7-3/h43-44H,5-42H2,1-4H3/t43?,44-/m0/s1. The molecule has 0 aromatic heterocycles. The zero-order chi connectivity index (χ0) is 38.9. The van der Waals surface area contributed by atoms with Crippen molar-refractivity contribution in [2.75, 3.05) is 13.2 Å². The van der Waals surface area contributed by atoms with Crippen LogP contribution in [0.3, 0.4) is 0 Å². The van der Waals surface area contributed by atoms with Gasteiger partial charge in [-0.3, -0.25) is 14.4 Å². The van der Waals surface area contributed by atoms with Crippen LogP contribution in [0, 0.1) is 5.92 Å². The molecule has 0 N–H and O–H groups in total. The van der Waals surface area contributed by atoms with Crippen LogP contribution in [0.15, 0.2) is 0 Å². The molecular weight excluding hydrogens is 661 g/mol. The van der Waals surface area contributed by atoms with Crippen molar-refractivity contribution in [2.45, 2.75) is 265 Å². The van der Waals surface area contributed by atoms with Crippen molar-refractivity contribution in [2.24, 2.45) is 5.92 Å². The predicted molar refractivity (Wildman–Crippen MR) is 224 cm³/mol. The van der Waals surface area contributed by atoms with Crippen LogP contribution in [0.5, 0.6) is 0 Å². The Labute approximate surface area is 329 Å². The lowest BCUT2D eigenvalue weighted by Gasteiger charge is -2.18. The van der Waals surface area contributed by atoms with E-state index in [9.17, 15) is 14.4 Å². The third-order valence-corrected chi connectivity index (χ3v) is 10.9. The van der Waals surface area contributed by atoms with E-state index in [0.717, 1.165) is 70.1 Å². The fraction of sp³-hybridized carbons (Fsp3) is 0.936. The van der Waals surface area contributed by atoms with Crippen LogP contribution < -0.4 is 0 Å². The van der Waals surface area contributed by atoms with Crippen molar-refractivity contribution in [1.29, 1.82) is 0 Å².